The molecule has 2 N–H and O–H groups in total. The normalized spacial score (nSPS) is 22.1. The molecule has 0 saturated carbocycles. The number of carbonyl (C=O) groups excluding carboxylic acids is 1. The van der Waals surface area contributed by atoms with Crippen molar-refractivity contribution in [2.75, 3.05) is 52.2 Å². The van der Waals surface area contributed by atoms with Gasteiger partial charge < -0.3 is 15.4 Å². The van der Waals surface area contributed by atoms with Crippen LogP contribution in [0.25, 0.3) is 0 Å². The quantitative estimate of drug-likeness (QED) is 0.722. The smallest absolute Gasteiger partial charge is 0.241 e. The Hall–Kier alpha value is -1.48. The van der Waals surface area contributed by atoms with Crippen LogP contribution in [0.5, 0.6) is 0 Å². The lowest BCUT2D eigenvalue weighted by molar-refractivity contribution is -0.124. The van der Waals surface area contributed by atoms with Crippen LogP contribution >= 0.6 is 0 Å². The van der Waals surface area contributed by atoms with E-state index in [9.17, 15) is 13.2 Å². The third-order valence-electron chi connectivity index (χ3n) is 5.66. The van der Waals surface area contributed by atoms with Crippen LogP contribution < -0.4 is 10.6 Å². The van der Waals surface area contributed by atoms with Gasteiger partial charge in [0.1, 0.15) is 0 Å². The number of carbonyl (C=O) groups is 1. The molecule has 3 rings (SSSR count). The van der Waals surface area contributed by atoms with Crippen LogP contribution in [-0.2, 0) is 19.4 Å². The molecule has 1 unspecified atom stereocenters. The molecule has 8 heteroatoms. The summed E-state index contributed by atoms with van der Waals surface area (Å²) in [4.78, 5) is 15.3. The molecule has 2 fully saturated rings. The zero-order chi connectivity index (χ0) is 19.3. The maximum absolute atomic E-state index is 13.0. The van der Waals surface area contributed by atoms with Crippen molar-refractivity contribution in [3.63, 3.8) is 0 Å². The first-order valence-electron chi connectivity index (χ1n) is 9.49. The lowest BCUT2D eigenvalue weighted by Crippen LogP contribution is -2.58. The Balaban J connectivity index is 1.76. The van der Waals surface area contributed by atoms with E-state index in [4.69, 9.17) is 4.74 Å². The first kappa shape index (κ1) is 20.3. The van der Waals surface area contributed by atoms with Crippen LogP contribution in [0.3, 0.4) is 0 Å². The fourth-order valence-electron chi connectivity index (χ4n) is 3.97. The fraction of sp³-hybridized carbons (Fsp3) is 0.632. The van der Waals surface area contributed by atoms with Gasteiger partial charge in [0, 0.05) is 25.9 Å². The summed E-state index contributed by atoms with van der Waals surface area (Å²) in [6, 6.07) is 10.0. The second-order valence-electron chi connectivity index (χ2n) is 7.30. The molecule has 2 aliphatic heterocycles. The SMILES string of the molecule is CS(=O)(=O)C1(C(=O)NCC(c2ccccc2)N2CCOCC2)CCNCC1. The molecule has 0 aliphatic carbocycles. The Morgan fingerprint density at radius 3 is 2.44 bits per heavy atom. The van der Waals surface area contributed by atoms with Crippen molar-refractivity contribution >= 4 is 15.7 Å². The van der Waals surface area contributed by atoms with Crippen LogP contribution in [0, 0.1) is 0 Å². The fourth-order valence-corrected chi connectivity index (χ4v) is 5.32. The Kier molecular flexibility index (Phi) is 6.52. The molecule has 0 aromatic heterocycles. The molecule has 150 valence electrons. The van der Waals surface area contributed by atoms with Gasteiger partial charge >= 0.3 is 0 Å². The van der Waals surface area contributed by atoms with Crippen molar-refractivity contribution in [3.05, 3.63) is 35.9 Å². The average Bonchev–Trinajstić information content (AvgIpc) is 2.69. The molecular weight excluding hydrogens is 366 g/mol. The lowest BCUT2D eigenvalue weighted by atomic mass is 9.95. The number of nitrogens with one attached hydrogen (secondary N) is 2. The molecule has 0 spiro atoms. The van der Waals surface area contributed by atoms with Crippen molar-refractivity contribution in [1.29, 1.82) is 0 Å². The number of amides is 1. The van der Waals surface area contributed by atoms with Crippen LogP contribution in [0.15, 0.2) is 30.3 Å². The van der Waals surface area contributed by atoms with Gasteiger partial charge in [0.15, 0.2) is 14.6 Å². The van der Waals surface area contributed by atoms with Crippen molar-refractivity contribution in [2.45, 2.75) is 23.6 Å². The third kappa shape index (κ3) is 4.51. The van der Waals surface area contributed by atoms with Crippen LogP contribution in [0.4, 0.5) is 0 Å². The molecule has 2 aliphatic rings. The minimum absolute atomic E-state index is 0.00243. The molecule has 1 aromatic rings. The summed E-state index contributed by atoms with van der Waals surface area (Å²) in [7, 11) is -3.51. The maximum atomic E-state index is 13.0. The number of sulfone groups is 1. The Bertz CT molecular complexity index is 727. The topological polar surface area (TPSA) is 87.7 Å². The molecule has 1 amide bonds. The summed E-state index contributed by atoms with van der Waals surface area (Å²) in [6.07, 6.45) is 1.80. The van der Waals surface area contributed by atoms with Gasteiger partial charge in [0.2, 0.25) is 5.91 Å². The van der Waals surface area contributed by atoms with E-state index in [-0.39, 0.29) is 11.9 Å². The number of benzene rings is 1. The first-order valence-corrected chi connectivity index (χ1v) is 11.4. The van der Waals surface area contributed by atoms with E-state index in [0.29, 0.717) is 45.7 Å². The highest BCUT2D eigenvalue weighted by Gasteiger charge is 2.48. The molecule has 1 aromatic carbocycles. The molecule has 2 saturated heterocycles. The Morgan fingerprint density at radius 1 is 1.22 bits per heavy atom. The van der Waals surface area contributed by atoms with Gasteiger partial charge in [-0.15, -0.1) is 0 Å². The molecule has 1 atom stereocenters. The second kappa shape index (κ2) is 8.68. The van der Waals surface area contributed by atoms with Crippen LogP contribution in [-0.4, -0.2) is 76.2 Å². The van der Waals surface area contributed by atoms with E-state index in [2.05, 4.69) is 15.5 Å². The predicted octanol–water partition coefficient (Wildman–Crippen LogP) is 0.343. The summed E-state index contributed by atoms with van der Waals surface area (Å²) >= 11 is 0. The zero-order valence-corrected chi connectivity index (χ0v) is 16.6. The number of nitrogens with zero attached hydrogens (tertiary/aromatic N) is 1. The molecule has 27 heavy (non-hydrogen) atoms. The van der Waals surface area contributed by atoms with Gasteiger partial charge in [-0.1, -0.05) is 30.3 Å². The lowest BCUT2D eigenvalue weighted by Gasteiger charge is -2.37. The zero-order valence-electron chi connectivity index (χ0n) is 15.8. The highest BCUT2D eigenvalue weighted by Crippen LogP contribution is 2.29. The van der Waals surface area contributed by atoms with Gasteiger partial charge in [0.05, 0.1) is 19.3 Å². The van der Waals surface area contributed by atoms with Gasteiger partial charge in [-0.25, -0.2) is 8.42 Å². The van der Waals surface area contributed by atoms with Gasteiger partial charge in [-0.3, -0.25) is 9.69 Å². The maximum Gasteiger partial charge on any atom is 0.241 e. The Morgan fingerprint density at radius 2 is 1.85 bits per heavy atom. The standard InChI is InChI=1S/C19H29N3O4S/c1-27(24,25)19(7-9-20-10-8-19)18(23)21-15-17(16-5-3-2-4-6-16)22-11-13-26-14-12-22/h2-6,17,20H,7-15H2,1H3,(H,21,23). The number of piperidine rings is 1. The van der Waals surface area contributed by atoms with Gasteiger partial charge in [0.25, 0.3) is 0 Å². The number of hydrogen-bond acceptors (Lipinski definition) is 6. The summed E-state index contributed by atoms with van der Waals surface area (Å²) in [5, 5.41) is 6.11. The number of hydrogen-bond donors (Lipinski definition) is 2. The Labute approximate surface area is 161 Å². The molecule has 7 nitrogen and oxygen atoms in total. The van der Waals surface area contributed by atoms with Crippen molar-refractivity contribution in [1.82, 2.24) is 15.5 Å². The van der Waals surface area contributed by atoms with E-state index in [1.165, 1.54) is 6.26 Å². The van der Waals surface area contributed by atoms with Crippen molar-refractivity contribution < 1.29 is 17.9 Å². The summed E-state index contributed by atoms with van der Waals surface area (Å²) in [5.74, 6) is -0.374. The molecule has 2 heterocycles. The summed E-state index contributed by atoms with van der Waals surface area (Å²) < 4.78 is 29.0. The molecular formula is C19H29N3O4S. The number of rotatable bonds is 6. The van der Waals surface area contributed by atoms with E-state index in [1.807, 2.05) is 30.3 Å². The van der Waals surface area contributed by atoms with Gasteiger partial charge in [-0.2, -0.15) is 0 Å². The van der Waals surface area contributed by atoms with Crippen LogP contribution in [0.2, 0.25) is 0 Å². The highest BCUT2D eigenvalue weighted by molar-refractivity contribution is 7.92. The highest BCUT2D eigenvalue weighted by atomic mass is 32.2. The van der Waals surface area contributed by atoms with E-state index < -0.39 is 14.6 Å². The van der Waals surface area contributed by atoms with Gasteiger partial charge in [-0.05, 0) is 31.5 Å². The largest absolute Gasteiger partial charge is 0.379 e. The monoisotopic (exact) mass is 395 g/mol. The number of morpholine rings is 1. The average molecular weight is 396 g/mol. The third-order valence-corrected chi connectivity index (χ3v) is 7.67. The summed E-state index contributed by atoms with van der Waals surface area (Å²) in [5.41, 5.74) is 1.11. The van der Waals surface area contributed by atoms with Crippen LogP contribution in [0.1, 0.15) is 24.4 Å². The van der Waals surface area contributed by atoms with E-state index in [1.54, 1.807) is 0 Å². The second-order valence-corrected chi connectivity index (χ2v) is 9.63. The van der Waals surface area contributed by atoms with E-state index in [0.717, 1.165) is 18.7 Å². The van der Waals surface area contributed by atoms with Crippen molar-refractivity contribution in [3.8, 4) is 0 Å². The van der Waals surface area contributed by atoms with E-state index >= 15 is 0 Å². The summed E-state index contributed by atoms with van der Waals surface area (Å²) in [6.45, 7) is 4.35. The van der Waals surface area contributed by atoms with Crippen molar-refractivity contribution in [2.24, 2.45) is 0 Å². The predicted molar refractivity (Wildman–Crippen MR) is 104 cm³/mol. The first-order chi connectivity index (χ1) is 12.9. The number of ether oxygens (including phenoxy) is 1. The molecule has 0 radical (unpaired) electrons. The minimum Gasteiger partial charge on any atom is -0.379 e. The minimum atomic E-state index is -3.51. The molecule has 0 bridgehead atoms.